The van der Waals surface area contributed by atoms with Gasteiger partial charge in [0.05, 0.1) is 35.5 Å². The number of hydrogen-bond donors (Lipinski definition) is 11. The van der Waals surface area contributed by atoms with Gasteiger partial charge in [-0.05, 0) is 212 Å². The van der Waals surface area contributed by atoms with E-state index in [0.717, 1.165) is 93.7 Å². The minimum absolute atomic E-state index is 0.0156. The summed E-state index contributed by atoms with van der Waals surface area (Å²) in [4.78, 5) is 203. The van der Waals surface area contributed by atoms with Gasteiger partial charge in [0.2, 0.25) is 53.2 Å². The summed E-state index contributed by atoms with van der Waals surface area (Å²) in [6, 6.07) is 15.8. The molecule has 678 valence electrons. The van der Waals surface area contributed by atoms with E-state index in [2.05, 4.69) is 58.5 Å². The lowest BCUT2D eigenvalue weighted by Gasteiger charge is -2.35. The van der Waals surface area contributed by atoms with Crippen molar-refractivity contribution in [1.29, 1.82) is 0 Å². The second-order valence-corrected chi connectivity index (χ2v) is 37.8. The minimum atomic E-state index is -1.22. The number of nitrogens with zero attached hydrogens (tertiary/aromatic N) is 4. The molecular formula is C92H127N15O18. The van der Waals surface area contributed by atoms with Crippen LogP contribution < -0.4 is 58.5 Å². The van der Waals surface area contributed by atoms with Crippen LogP contribution in [0.15, 0.2) is 72.8 Å². The number of fused-ring (bicyclic) bond motifs is 9. The number of nitrogens with one attached hydrogen (secondary N) is 11. The molecule has 33 nitrogen and oxygen atoms in total. The average Bonchev–Trinajstić information content (AvgIpc) is 1.52. The second-order valence-electron chi connectivity index (χ2n) is 37.8. The van der Waals surface area contributed by atoms with Gasteiger partial charge < -0.3 is 92.3 Å². The van der Waals surface area contributed by atoms with Crippen molar-refractivity contribution >= 4 is 100 Å². The number of carbonyl (C=O) groups excluding carboxylic acids is 15. The summed E-state index contributed by atoms with van der Waals surface area (Å²) < 4.78 is 16.6. The first-order chi connectivity index (χ1) is 59.4. The molecule has 2 saturated carbocycles. The largest absolute Gasteiger partial charge is 0.459 e. The van der Waals surface area contributed by atoms with Crippen molar-refractivity contribution in [3.63, 3.8) is 0 Å². The van der Waals surface area contributed by atoms with E-state index in [1.807, 2.05) is 59.7 Å². The van der Waals surface area contributed by atoms with Crippen molar-refractivity contribution in [3.05, 3.63) is 95.1 Å². The number of amides is 12. The number of rotatable bonds is 23. The minimum Gasteiger partial charge on any atom is -0.459 e. The van der Waals surface area contributed by atoms with Crippen molar-refractivity contribution in [2.24, 2.45) is 21.7 Å². The number of anilines is 2. The normalized spacial score (nSPS) is 30.9. The Balaban J connectivity index is 0.000000161. The van der Waals surface area contributed by atoms with Gasteiger partial charge in [0.15, 0.2) is 11.2 Å². The lowest BCUT2D eigenvalue weighted by molar-refractivity contribution is -0.166. The van der Waals surface area contributed by atoms with Crippen LogP contribution in [0.1, 0.15) is 237 Å². The Kier molecular flexibility index (Phi) is 27.8. The van der Waals surface area contributed by atoms with Gasteiger partial charge in [-0.2, -0.15) is 0 Å². The van der Waals surface area contributed by atoms with Crippen molar-refractivity contribution in [1.82, 2.24) is 67.5 Å². The number of benzene rings is 3. The molecule has 2 aliphatic carbocycles. The molecule has 3 aromatic carbocycles. The topological polar surface area (TPSA) is 429 Å². The third-order valence-corrected chi connectivity index (χ3v) is 30.3. The van der Waals surface area contributed by atoms with E-state index in [1.165, 1.54) is 0 Å². The number of hydrogen-bond acceptors (Lipinski definition) is 21. The standard InChI is InChI=1S/2C32H45N5O6.C28H37N5O6/c2*1-19(33-5)25(38)36-23-12-7-6-11-22-13-14-24(37(22)27(23)40)26(39)34-18-20-9-8-10-21(17-20)35-28(41)32-16-15-31(4,29(42)43-32)30(32,2)3;1-16(29-2)24(34)31-21-9-4-3-8-19-10-11-22(33(19)27(21)37)25(35)30-14-17-6-5-7-18(12-17)26(36)32-15-20-13-23(32)28(38)39-20/h2*8-10,17,19,22-24,33H,6-7,11-16,18H2,1-5H3,(H,34,39)(H,35,41)(H,36,38);5-7,12,16,19-23,29H,3-4,8-11,13-15H2,1-2H3,(H,30,35)(H,31,34)/t19-,22-,23-,24-,31+,32?;19-,22-,23-,24-,31-,32?;16-,19-,20+,21-,22-,23+/m000/s1. The Bertz CT molecular complexity index is 4500. The Morgan fingerprint density at radius 3 is 1.10 bits per heavy atom. The highest BCUT2D eigenvalue weighted by molar-refractivity contribution is 6.05. The highest BCUT2D eigenvalue weighted by Crippen LogP contribution is 2.67. The van der Waals surface area contributed by atoms with Gasteiger partial charge in [-0.25, -0.2) is 4.79 Å². The van der Waals surface area contributed by atoms with Crippen LogP contribution in [0.25, 0.3) is 0 Å². The maximum atomic E-state index is 13.7. The number of likely N-dealkylation sites (tertiary alicyclic amines) is 1. The first kappa shape index (κ1) is 92.3. The molecule has 0 spiro atoms. The summed E-state index contributed by atoms with van der Waals surface area (Å²) in [5.41, 5.74) is -1.26. The molecular weight excluding hydrogens is 1600 g/mol. The summed E-state index contributed by atoms with van der Waals surface area (Å²) in [5, 5.41) is 32.2. The summed E-state index contributed by atoms with van der Waals surface area (Å²) in [6.45, 7) is 17.7. The number of esters is 3. The second kappa shape index (κ2) is 37.6. The summed E-state index contributed by atoms with van der Waals surface area (Å²) in [5.74, 6) is -3.91. The van der Waals surface area contributed by atoms with Crippen LogP contribution in [0, 0.1) is 21.7 Å². The summed E-state index contributed by atoms with van der Waals surface area (Å²) in [7, 11) is 5.08. The maximum absolute atomic E-state index is 13.7. The van der Waals surface area contributed by atoms with Crippen molar-refractivity contribution in [2.45, 2.75) is 325 Å². The number of morpholine rings is 1. The Labute approximate surface area is 730 Å². The zero-order chi connectivity index (χ0) is 90.0. The molecule has 12 amide bonds. The predicted molar refractivity (Wildman–Crippen MR) is 459 cm³/mol. The van der Waals surface area contributed by atoms with E-state index in [4.69, 9.17) is 14.2 Å². The third-order valence-electron chi connectivity index (χ3n) is 30.3. The molecule has 10 saturated heterocycles. The molecule has 3 aromatic rings. The van der Waals surface area contributed by atoms with Gasteiger partial charge in [-0.3, -0.25) is 67.1 Å². The zero-order valence-corrected chi connectivity index (χ0v) is 74.2. The molecule has 10 heterocycles. The number of likely N-dealkylation sites (N-methyl/N-ethyl adjacent to an activating group) is 3. The molecule has 33 heteroatoms. The highest BCUT2D eigenvalue weighted by atomic mass is 16.6. The average molecular weight is 1730 g/mol. The molecule has 12 fully saturated rings. The Morgan fingerprint density at radius 2 is 0.776 bits per heavy atom. The van der Waals surface area contributed by atoms with Crippen LogP contribution >= 0.6 is 0 Å². The SMILES string of the molecule is CN[C@@H](C)C(=O)N[C@H]1CCCC[C@H]2CC[C@@H](C(=O)NCc3cccc(C(=O)N4C[C@H]5C[C@@H]4C(=O)O5)c3)N2C1=O.CN[C@@H](C)C(=O)N[C@H]1CCCC[C@H]2CC[C@@H](C(=O)NCc3cccc(NC(=O)C45CC[C@@](C)(C(=O)O4)C5(C)C)c3)N2C1=O.CN[C@@H](C)C(=O)N[C@H]1CCCC[C@H]2CC[C@@H](C(=O)NCc3cccc(NC(=O)C45CC[C@](C)(C(=O)O4)C5(C)C)c3)N2C1=O. The molecule has 10 aliphatic heterocycles. The molecule has 0 radical (unpaired) electrons. The lowest BCUT2D eigenvalue weighted by atomic mass is 9.66. The van der Waals surface area contributed by atoms with Crippen molar-refractivity contribution in [3.8, 4) is 0 Å². The molecule has 15 rings (SSSR count). The fourth-order valence-corrected chi connectivity index (χ4v) is 21.0. The van der Waals surface area contributed by atoms with E-state index in [1.54, 1.807) is 116 Å². The summed E-state index contributed by atoms with van der Waals surface area (Å²) in [6.07, 6.45) is 16.0. The predicted octanol–water partition coefficient (Wildman–Crippen LogP) is 5.25. The Hall–Kier alpha value is -10.4. The fraction of sp³-hybridized carbons (Fsp3) is 0.641. The van der Waals surface area contributed by atoms with Gasteiger partial charge in [0.1, 0.15) is 48.4 Å². The molecule has 6 bridgehead atoms. The zero-order valence-electron chi connectivity index (χ0n) is 74.2. The van der Waals surface area contributed by atoms with Gasteiger partial charge in [0.25, 0.3) is 17.7 Å². The van der Waals surface area contributed by atoms with Gasteiger partial charge in [-0.15, -0.1) is 0 Å². The first-order valence-electron chi connectivity index (χ1n) is 45.1. The smallest absolute Gasteiger partial charge is 0.329 e. The highest BCUT2D eigenvalue weighted by Gasteiger charge is 2.77. The molecule has 12 aliphatic rings. The summed E-state index contributed by atoms with van der Waals surface area (Å²) >= 11 is 0. The van der Waals surface area contributed by atoms with Crippen LogP contribution in [0.4, 0.5) is 11.4 Å². The Morgan fingerprint density at radius 1 is 0.432 bits per heavy atom. The van der Waals surface area contributed by atoms with E-state index >= 15 is 0 Å². The van der Waals surface area contributed by atoms with Crippen LogP contribution in [0.5, 0.6) is 0 Å². The molecule has 2 unspecified atom stereocenters. The number of carbonyl (C=O) groups is 15. The van der Waals surface area contributed by atoms with Gasteiger partial charge >= 0.3 is 17.9 Å². The van der Waals surface area contributed by atoms with Crippen LogP contribution in [0.2, 0.25) is 0 Å². The van der Waals surface area contributed by atoms with E-state index in [9.17, 15) is 71.9 Å². The number of ether oxygens (including phenoxy) is 3. The fourth-order valence-electron chi connectivity index (χ4n) is 21.0. The van der Waals surface area contributed by atoms with E-state index in [-0.39, 0.29) is 133 Å². The van der Waals surface area contributed by atoms with Gasteiger partial charge in [-0.1, -0.05) is 103 Å². The van der Waals surface area contributed by atoms with Crippen LogP contribution in [-0.4, -0.2) is 232 Å². The quantitative estimate of drug-likeness (QED) is 0.0426. The van der Waals surface area contributed by atoms with Crippen molar-refractivity contribution < 1.29 is 86.1 Å². The van der Waals surface area contributed by atoms with Crippen LogP contribution in [0.3, 0.4) is 0 Å². The van der Waals surface area contributed by atoms with E-state index < -0.39 is 93.3 Å². The lowest BCUT2D eigenvalue weighted by Crippen LogP contribution is -2.57. The van der Waals surface area contributed by atoms with Gasteiger partial charge in [0, 0.05) is 71.9 Å². The molecule has 11 N–H and O–H groups in total. The molecule has 0 aromatic heterocycles. The molecule has 18 atom stereocenters. The van der Waals surface area contributed by atoms with Crippen LogP contribution in [-0.2, 0) is 101 Å². The third kappa shape index (κ3) is 18.0. The first-order valence-corrected chi connectivity index (χ1v) is 45.1. The van der Waals surface area contributed by atoms with Crippen molar-refractivity contribution in [2.75, 3.05) is 38.3 Å². The molecule has 125 heavy (non-hydrogen) atoms. The maximum Gasteiger partial charge on any atom is 0.329 e. The van der Waals surface area contributed by atoms with E-state index in [0.29, 0.717) is 94.1 Å². The monoisotopic (exact) mass is 1730 g/mol.